The molecular formula is C16H15FN2O5. The lowest BCUT2D eigenvalue weighted by molar-refractivity contribution is -0.387. The van der Waals surface area contributed by atoms with E-state index in [0.717, 1.165) is 12.1 Å². The van der Waals surface area contributed by atoms with Crippen LogP contribution in [0.5, 0.6) is 11.5 Å². The standard InChI is InChI=1S/C16H15FN2O5/c1-23-12-5-3-10(15(9-12)24-2)7-16(20)18-11-4-6-14(19(21)22)13(17)8-11/h3-6,8-9H,7H2,1-2H3,(H,18,20). The van der Waals surface area contributed by atoms with Gasteiger partial charge in [-0.3, -0.25) is 14.9 Å². The van der Waals surface area contributed by atoms with Gasteiger partial charge < -0.3 is 14.8 Å². The van der Waals surface area contributed by atoms with Crippen LogP contribution in [-0.2, 0) is 11.2 Å². The second-order valence-electron chi connectivity index (χ2n) is 4.83. The maximum absolute atomic E-state index is 13.6. The van der Waals surface area contributed by atoms with Crippen molar-refractivity contribution in [2.24, 2.45) is 0 Å². The Morgan fingerprint density at radius 2 is 1.96 bits per heavy atom. The summed E-state index contributed by atoms with van der Waals surface area (Å²) in [5.41, 5.74) is 0.110. The number of ether oxygens (including phenoxy) is 2. The number of hydrogen-bond donors (Lipinski definition) is 1. The largest absolute Gasteiger partial charge is 0.497 e. The van der Waals surface area contributed by atoms with Crippen molar-refractivity contribution < 1.29 is 23.6 Å². The zero-order valence-electron chi connectivity index (χ0n) is 13.0. The van der Waals surface area contributed by atoms with Crippen molar-refractivity contribution in [3.05, 3.63) is 57.9 Å². The van der Waals surface area contributed by atoms with Crippen molar-refractivity contribution in [3.8, 4) is 11.5 Å². The molecule has 8 heteroatoms. The number of carbonyl (C=O) groups excluding carboxylic acids is 1. The van der Waals surface area contributed by atoms with Crippen LogP contribution in [-0.4, -0.2) is 25.1 Å². The number of hydrogen-bond acceptors (Lipinski definition) is 5. The topological polar surface area (TPSA) is 90.7 Å². The van der Waals surface area contributed by atoms with Gasteiger partial charge in [-0.05, 0) is 12.1 Å². The fourth-order valence-corrected chi connectivity index (χ4v) is 2.11. The first kappa shape index (κ1) is 17.2. The van der Waals surface area contributed by atoms with E-state index in [9.17, 15) is 19.3 Å². The molecule has 126 valence electrons. The number of amides is 1. The van der Waals surface area contributed by atoms with Crippen molar-refractivity contribution in [1.29, 1.82) is 0 Å². The molecule has 0 saturated carbocycles. The minimum absolute atomic E-state index is 0.00816. The summed E-state index contributed by atoms with van der Waals surface area (Å²) in [6.45, 7) is 0. The molecule has 0 heterocycles. The second kappa shape index (κ2) is 7.40. The second-order valence-corrected chi connectivity index (χ2v) is 4.83. The van der Waals surface area contributed by atoms with Gasteiger partial charge in [-0.25, -0.2) is 0 Å². The van der Waals surface area contributed by atoms with E-state index in [0.29, 0.717) is 17.1 Å². The normalized spacial score (nSPS) is 10.1. The Morgan fingerprint density at radius 3 is 2.54 bits per heavy atom. The average Bonchev–Trinajstić information content (AvgIpc) is 2.54. The third-order valence-electron chi connectivity index (χ3n) is 3.27. The van der Waals surface area contributed by atoms with Gasteiger partial charge in [0.25, 0.3) is 0 Å². The molecule has 0 unspecified atom stereocenters. The Hall–Kier alpha value is -3.16. The molecule has 0 atom stereocenters. The van der Waals surface area contributed by atoms with Crippen LogP contribution < -0.4 is 14.8 Å². The molecule has 0 aliphatic carbocycles. The molecule has 0 aromatic heterocycles. The molecule has 1 N–H and O–H groups in total. The van der Waals surface area contributed by atoms with Crippen LogP contribution in [0.2, 0.25) is 0 Å². The number of nitro benzene ring substituents is 1. The summed E-state index contributed by atoms with van der Waals surface area (Å²) in [7, 11) is 2.99. The molecule has 0 fully saturated rings. The summed E-state index contributed by atoms with van der Waals surface area (Å²) in [4.78, 5) is 21.8. The van der Waals surface area contributed by atoms with Crippen LogP contribution >= 0.6 is 0 Å². The van der Waals surface area contributed by atoms with E-state index < -0.39 is 22.3 Å². The van der Waals surface area contributed by atoms with Crippen LogP contribution in [0.4, 0.5) is 15.8 Å². The van der Waals surface area contributed by atoms with Gasteiger partial charge in [0, 0.05) is 29.4 Å². The number of nitro groups is 1. The van der Waals surface area contributed by atoms with Crippen LogP contribution in [0, 0.1) is 15.9 Å². The summed E-state index contributed by atoms with van der Waals surface area (Å²) in [6.07, 6.45) is -0.00816. The highest BCUT2D eigenvalue weighted by molar-refractivity contribution is 5.92. The monoisotopic (exact) mass is 334 g/mol. The quantitative estimate of drug-likeness (QED) is 0.648. The smallest absolute Gasteiger partial charge is 0.304 e. The molecule has 0 bridgehead atoms. The molecule has 1 amide bonds. The van der Waals surface area contributed by atoms with Gasteiger partial charge in [-0.1, -0.05) is 6.07 Å². The molecule has 2 aromatic carbocycles. The molecule has 0 radical (unpaired) electrons. The Kier molecular flexibility index (Phi) is 5.31. The van der Waals surface area contributed by atoms with E-state index in [1.165, 1.54) is 20.3 Å². The molecule has 2 aromatic rings. The fourth-order valence-electron chi connectivity index (χ4n) is 2.11. The third-order valence-corrected chi connectivity index (χ3v) is 3.27. The lowest BCUT2D eigenvalue weighted by atomic mass is 10.1. The maximum Gasteiger partial charge on any atom is 0.304 e. The Morgan fingerprint density at radius 1 is 1.21 bits per heavy atom. The van der Waals surface area contributed by atoms with E-state index in [1.54, 1.807) is 18.2 Å². The van der Waals surface area contributed by atoms with Crippen molar-refractivity contribution in [2.75, 3.05) is 19.5 Å². The molecule has 0 spiro atoms. The SMILES string of the molecule is COc1ccc(CC(=O)Nc2ccc([N+](=O)[O-])c(F)c2)c(OC)c1. The zero-order valence-corrected chi connectivity index (χ0v) is 13.0. The van der Waals surface area contributed by atoms with Gasteiger partial charge in [0.1, 0.15) is 11.5 Å². The molecular weight excluding hydrogens is 319 g/mol. The van der Waals surface area contributed by atoms with E-state index in [1.807, 2.05) is 0 Å². The maximum atomic E-state index is 13.6. The zero-order chi connectivity index (χ0) is 17.7. The van der Waals surface area contributed by atoms with Crippen molar-refractivity contribution in [3.63, 3.8) is 0 Å². The van der Waals surface area contributed by atoms with Gasteiger partial charge >= 0.3 is 5.69 Å². The first-order valence-corrected chi connectivity index (χ1v) is 6.89. The predicted molar refractivity (Wildman–Crippen MR) is 84.9 cm³/mol. The number of rotatable bonds is 6. The Balaban J connectivity index is 2.11. The van der Waals surface area contributed by atoms with E-state index in [4.69, 9.17) is 9.47 Å². The summed E-state index contributed by atoms with van der Waals surface area (Å²) < 4.78 is 23.8. The van der Waals surface area contributed by atoms with E-state index >= 15 is 0 Å². The fraction of sp³-hybridized carbons (Fsp3) is 0.188. The van der Waals surface area contributed by atoms with Gasteiger partial charge in [0.2, 0.25) is 11.7 Å². The van der Waals surface area contributed by atoms with Crippen molar-refractivity contribution >= 4 is 17.3 Å². The molecule has 0 saturated heterocycles. The van der Waals surface area contributed by atoms with Crippen LogP contribution in [0.15, 0.2) is 36.4 Å². The highest BCUT2D eigenvalue weighted by atomic mass is 19.1. The number of nitrogens with one attached hydrogen (secondary N) is 1. The van der Waals surface area contributed by atoms with Crippen LogP contribution in [0.1, 0.15) is 5.56 Å². The van der Waals surface area contributed by atoms with Gasteiger partial charge in [-0.2, -0.15) is 4.39 Å². The summed E-state index contributed by atoms with van der Waals surface area (Å²) in [5, 5.41) is 13.1. The van der Waals surface area contributed by atoms with Crippen LogP contribution in [0.25, 0.3) is 0 Å². The van der Waals surface area contributed by atoms with E-state index in [-0.39, 0.29) is 12.1 Å². The molecule has 2 rings (SSSR count). The number of halogens is 1. The molecule has 0 aliphatic heterocycles. The summed E-state index contributed by atoms with van der Waals surface area (Å²) in [6, 6.07) is 8.20. The lowest BCUT2D eigenvalue weighted by Gasteiger charge is -2.11. The first-order chi connectivity index (χ1) is 11.4. The van der Waals surface area contributed by atoms with Crippen molar-refractivity contribution in [2.45, 2.75) is 6.42 Å². The highest BCUT2D eigenvalue weighted by Crippen LogP contribution is 2.26. The summed E-state index contributed by atoms with van der Waals surface area (Å²) in [5.74, 6) is -0.348. The number of anilines is 1. The third kappa shape index (κ3) is 3.97. The molecule has 0 aliphatic rings. The summed E-state index contributed by atoms with van der Waals surface area (Å²) >= 11 is 0. The number of methoxy groups -OCH3 is 2. The predicted octanol–water partition coefficient (Wildman–Crippen LogP) is 2.93. The van der Waals surface area contributed by atoms with Crippen LogP contribution in [0.3, 0.4) is 0 Å². The Labute approximate surface area is 137 Å². The number of benzene rings is 2. The molecule has 24 heavy (non-hydrogen) atoms. The highest BCUT2D eigenvalue weighted by Gasteiger charge is 2.15. The minimum atomic E-state index is -1.01. The van der Waals surface area contributed by atoms with E-state index in [2.05, 4.69) is 5.32 Å². The lowest BCUT2D eigenvalue weighted by Crippen LogP contribution is -2.15. The Bertz CT molecular complexity index is 779. The van der Waals surface area contributed by atoms with Gasteiger partial charge in [0.15, 0.2) is 0 Å². The molecule has 7 nitrogen and oxygen atoms in total. The average molecular weight is 334 g/mol. The van der Waals surface area contributed by atoms with Crippen molar-refractivity contribution in [1.82, 2.24) is 0 Å². The number of carbonyl (C=O) groups is 1. The first-order valence-electron chi connectivity index (χ1n) is 6.89. The van der Waals surface area contributed by atoms with Gasteiger partial charge in [0.05, 0.1) is 25.6 Å². The number of nitrogens with zero attached hydrogens (tertiary/aromatic N) is 1. The van der Waals surface area contributed by atoms with Gasteiger partial charge in [-0.15, -0.1) is 0 Å². The minimum Gasteiger partial charge on any atom is -0.497 e.